The molecule has 27 heavy (non-hydrogen) atoms. The molecule has 0 radical (unpaired) electrons. The van der Waals surface area contributed by atoms with Crippen molar-refractivity contribution >= 4 is 11.6 Å². The molecule has 2 aromatic rings. The predicted octanol–water partition coefficient (Wildman–Crippen LogP) is 1.20. The monoisotopic (exact) mass is 368 g/mol. The zero-order chi connectivity index (χ0) is 19.2. The van der Waals surface area contributed by atoms with Gasteiger partial charge in [0.25, 0.3) is 0 Å². The second-order valence-corrected chi connectivity index (χ2v) is 7.38. The highest BCUT2D eigenvalue weighted by Gasteiger charge is 2.28. The Morgan fingerprint density at radius 2 is 1.85 bits per heavy atom. The summed E-state index contributed by atoms with van der Waals surface area (Å²) in [6.07, 6.45) is 1.07. The van der Waals surface area contributed by atoms with E-state index in [9.17, 15) is 4.79 Å². The van der Waals surface area contributed by atoms with E-state index in [4.69, 9.17) is 4.74 Å². The van der Waals surface area contributed by atoms with Crippen molar-refractivity contribution in [2.24, 2.45) is 0 Å². The van der Waals surface area contributed by atoms with Crippen LogP contribution in [0.3, 0.4) is 0 Å². The summed E-state index contributed by atoms with van der Waals surface area (Å²) in [6.45, 7) is 2.76. The highest BCUT2D eigenvalue weighted by molar-refractivity contribution is 5.77. The summed E-state index contributed by atoms with van der Waals surface area (Å²) in [5.74, 6) is -0.0655. The van der Waals surface area contributed by atoms with Gasteiger partial charge >= 0.3 is 0 Å². The number of carbonyl (C=O) groups excluding carboxylic acids is 1. The molecule has 0 aromatic heterocycles. The third-order valence-electron chi connectivity index (χ3n) is 5.33. The Bertz CT molecular complexity index is 758. The zero-order valence-corrected chi connectivity index (χ0v) is 16.5. The first-order chi connectivity index (χ1) is 13.1. The molecule has 1 heterocycles. The molecule has 144 valence electrons. The van der Waals surface area contributed by atoms with Crippen LogP contribution in [-0.2, 0) is 22.5 Å². The van der Waals surface area contributed by atoms with E-state index in [0.717, 1.165) is 19.5 Å². The number of methoxy groups -OCH3 is 1. The fourth-order valence-corrected chi connectivity index (χ4v) is 3.80. The smallest absolute Gasteiger partial charge is 0.246 e. The first kappa shape index (κ1) is 19.4. The number of anilines is 1. The van der Waals surface area contributed by atoms with Crippen LogP contribution in [0.1, 0.15) is 22.7 Å². The minimum absolute atomic E-state index is 0.0655. The second kappa shape index (κ2) is 9.02. The lowest BCUT2D eigenvalue weighted by Gasteiger charge is -2.33. The molecule has 1 aliphatic rings. The molecule has 1 aliphatic heterocycles. The maximum Gasteiger partial charge on any atom is 0.246 e. The van der Waals surface area contributed by atoms with Crippen molar-refractivity contribution in [1.82, 2.24) is 5.32 Å². The minimum Gasteiger partial charge on any atom is -0.378 e. The molecule has 1 unspecified atom stereocenters. The van der Waals surface area contributed by atoms with Gasteiger partial charge in [-0.25, -0.2) is 0 Å². The number of quaternary nitrogens is 1. The molecule has 0 fully saturated rings. The van der Waals surface area contributed by atoms with Gasteiger partial charge in [-0.1, -0.05) is 36.4 Å². The summed E-state index contributed by atoms with van der Waals surface area (Å²) in [6, 6.07) is 17.6. The van der Waals surface area contributed by atoms with Gasteiger partial charge in [-0.2, -0.15) is 0 Å². The van der Waals surface area contributed by atoms with E-state index in [1.165, 1.54) is 27.3 Å². The van der Waals surface area contributed by atoms with Crippen LogP contribution in [-0.4, -0.2) is 46.8 Å². The number of fused-ring (bicyclic) bond motifs is 1. The average Bonchev–Trinajstić information content (AvgIpc) is 2.68. The summed E-state index contributed by atoms with van der Waals surface area (Å²) in [4.78, 5) is 15.5. The van der Waals surface area contributed by atoms with Gasteiger partial charge in [-0.3, -0.25) is 4.79 Å². The third kappa shape index (κ3) is 4.87. The Balaban J connectivity index is 1.80. The zero-order valence-electron chi connectivity index (χ0n) is 16.5. The third-order valence-corrected chi connectivity index (χ3v) is 5.33. The second-order valence-electron chi connectivity index (χ2n) is 7.38. The van der Waals surface area contributed by atoms with Gasteiger partial charge in [0.1, 0.15) is 19.2 Å². The molecular formula is C22H30N3O2+. The van der Waals surface area contributed by atoms with Crippen molar-refractivity contribution in [2.75, 3.05) is 45.8 Å². The number of ether oxygens (including phenoxy) is 1. The maximum absolute atomic E-state index is 12.0. The van der Waals surface area contributed by atoms with Gasteiger partial charge in [0.05, 0.1) is 13.1 Å². The molecule has 2 atom stereocenters. The molecule has 2 N–H and O–H groups in total. The first-order valence-electron chi connectivity index (χ1n) is 9.52. The maximum atomic E-state index is 12.0. The van der Waals surface area contributed by atoms with Crippen LogP contribution in [0.2, 0.25) is 0 Å². The van der Waals surface area contributed by atoms with Crippen LogP contribution in [0.15, 0.2) is 48.5 Å². The molecule has 0 aliphatic carbocycles. The van der Waals surface area contributed by atoms with Crippen LogP contribution >= 0.6 is 0 Å². The van der Waals surface area contributed by atoms with E-state index < -0.39 is 0 Å². The number of hydrogen-bond acceptors (Lipinski definition) is 3. The van der Waals surface area contributed by atoms with Crippen LogP contribution < -0.4 is 15.1 Å². The molecule has 1 amide bonds. The Morgan fingerprint density at radius 1 is 1.15 bits per heavy atom. The Labute approximate surface area is 161 Å². The van der Waals surface area contributed by atoms with Gasteiger partial charge in [0.15, 0.2) is 0 Å². The van der Waals surface area contributed by atoms with E-state index in [2.05, 4.69) is 58.7 Å². The number of amides is 1. The molecule has 0 saturated carbocycles. The number of carbonyl (C=O) groups is 1. The lowest BCUT2D eigenvalue weighted by atomic mass is 9.96. The van der Waals surface area contributed by atoms with E-state index >= 15 is 0 Å². The Morgan fingerprint density at radius 3 is 2.52 bits per heavy atom. The number of nitrogens with one attached hydrogen (secondary N) is 2. The summed E-state index contributed by atoms with van der Waals surface area (Å²) >= 11 is 0. The highest BCUT2D eigenvalue weighted by atomic mass is 16.5. The van der Waals surface area contributed by atoms with Crippen LogP contribution in [0, 0.1) is 0 Å². The molecule has 5 nitrogen and oxygen atoms in total. The van der Waals surface area contributed by atoms with Crippen molar-refractivity contribution in [3.63, 3.8) is 0 Å². The molecule has 2 aromatic carbocycles. The summed E-state index contributed by atoms with van der Waals surface area (Å²) in [5, 5.41) is 3.05. The largest absolute Gasteiger partial charge is 0.378 e. The van der Waals surface area contributed by atoms with Crippen molar-refractivity contribution in [3.8, 4) is 0 Å². The van der Waals surface area contributed by atoms with Gasteiger partial charge in [-0.05, 0) is 17.7 Å². The SMILES string of the molecule is COCC(=O)NC[C@H](c1ccc(N(C)C)cc1)[NH+]1CCc2ccccc2C1. The standard InChI is InChI=1S/C22H29N3O2/c1-24(2)20-10-8-18(9-11-20)21(14-23-22(26)16-27-3)25-13-12-17-6-4-5-7-19(17)15-25/h4-11,21H,12-16H2,1-3H3,(H,23,26)/p+1/t21-/m1/s1. The van der Waals surface area contributed by atoms with E-state index in [1.807, 2.05) is 14.1 Å². The molecule has 0 spiro atoms. The number of rotatable bonds is 7. The first-order valence-corrected chi connectivity index (χ1v) is 9.52. The van der Waals surface area contributed by atoms with E-state index in [1.54, 1.807) is 7.11 Å². The Kier molecular flexibility index (Phi) is 6.48. The molecule has 5 heteroatoms. The molecule has 3 rings (SSSR count). The van der Waals surface area contributed by atoms with Crippen molar-refractivity contribution in [3.05, 3.63) is 65.2 Å². The summed E-state index contributed by atoms with van der Waals surface area (Å²) < 4.78 is 4.95. The minimum atomic E-state index is -0.0655. The average molecular weight is 369 g/mol. The van der Waals surface area contributed by atoms with Gasteiger partial charge in [0, 0.05) is 44.4 Å². The molecule has 0 saturated heterocycles. The van der Waals surface area contributed by atoms with Crippen molar-refractivity contribution in [2.45, 2.75) is 19.0 Å². The van der Waals surface area contributed by atoms with Crippen molar-refractivity contribution in [1.29, 1.82) is 0 Å². The predicted molar refractivity (Wildman–Crippen MR) is 108 cm³/mol. The van der Waals surface area contributed by atoms with Crippen molar-refractivity contribution < 1.29 is 14.4 Å². The summed E-state index contributed by atoms with van der Waals surface area (Å²) in [5.41, 5.74) is 5.30. The van der Waals surface area contributed by atoms with Crippen LogP contribution in [0.4, 0.5) is 5.69 Å². The topological polar surface area (TPSA) is 46.0 Å². The lowest BCUT2D eigenvalue weighted by molar-refractivity contribution is -0.945. The highest BCUT2D eigenvalue weighted by Crippen LogP contribution is 2.18. The molecule has 0 bridgehead atoms. The van der Waals surface area contributed by atoms with Crippen LogP contribution in [0.5, 0.6) is 0 Å². The van der Waals surface area contributed by atoms with E-state index in [-0.39, 0.29) is 18.6 Å². The fraction of sp³-hybridized carbons (Fsp3) is 0.409. The number of hydrogen-bond donors (Lipinski definition) is 2. The van der Waals surface area contributed by atoms with E-state index in [0.29, 0.717) is 6.54 Å². The normalized spacial score (nSPS) is 17.1. The molecular weight excluding hydrogens is 338 g/mol. The van der Waals surface area contributed by atoms with Gasteiger partial charge < -0.3 is 19.9 Å². The fourth-order valence-electron chi connectivity index (χ4n) is 3.80. The number of nitrogens with zero attached hydrogens (tertiary/aromatic N) is 1. The van der Waals surface area contributed by atoms with Gasteiger partial charge in [-0.15, -0.1) is 0 Å². The number of benzene rings is 2. The Hall–Kier alpha value is -2.37. The van der Waals surface area contributed by atoms with Gasteiger partial charge in [0.2, 0.25) is 5.91 Å². The summed E-state index contributed by atoms with van der Waals surface area (Å²) in [7, 11) is 5.64. The van der Waals surface area contributed by atoms with Crippen LogP contribution in [0.25, 0.3) is 0 Å². The quantitative estimate of drug-likeness (QED) is 0.772. The lowest BCUT2D eigenvalue weighted by Crippen LogP contribution is -3.12.